The van der Waals surface area contributed by atoms with E-state index in [1.165, 1.54) is 17.0 Å². The van der Waals surface area contributed by atoms with Crippen LogP contribution in [0.15, 0.2) is 46.8 Å². The highest BCUT2D eigenvalue weighted by molar-refractivity contribution is 7.09. The molecule has 0 atom stereocenters. The minimum atomic E-state index is -0.188. The number of nitrogens with two attached hydrogens (primary N) is 1. The molecule has 0 bridgehead atoms. The van der Waals surface area contributed by atoms with Crippen LogP contribution in [0.25, 0.3) is 0 Å². The summed E-state index contributed by atoms with van der Waals surface area (Å²) in [5.41, 5.74) is 7.01. The molecule has 1 aliphatic heterocycles. The molecule has 1 aromatic carbocycles. The molecule has 0 amide bonds. The second kappa shape index (κ2) is 9.54. The molecule has 0 spiro atoms. The van der Waals surface area contributed by atoms with E-state index in [0.717, 1.165) is 51.4 Å². The molecule has 3 N–H and O–H groups in total. The van der Waals surface area contributed by atoms with Gasteiger partial charge in [0.15, 0.2) is 5.96 Å². The summed E-state index contributed by atoms with van der Waals surface area (Å²) >= 11 is 1.76. The molecule has 0 saturated carbocycles. The monoisotopic (exact) mass is 375 g/mol. The largest absolute Gasteiger partial charge is 0.370 e. The molecule has 26 heavy (non-hydrogen) atoms. The maximum absolute atomic E-state index is 13.0. The van der Waals surface area contributed by atoms with Crippen molar-refractivity contribution >= 4 is 23.0 Å². The van der Waals surface area contributed by atoms with Crippen LogP contribution in [0, 0.1) is 5.82 Å². The Morgan fingerprint density at radius 1 is 1.15 bits per heavy atom. The quantitative estimate of drug-likeness (QED) is 0.575. The average molecular weight is 376 g/mol. The molecule has 1 saturated heterocycles. The summed E-state index contributed by atoms with van der Waals surface area (Å²) in [6, 6.07) is 10.9. The lowest BCUT2D eigenvalue weighted by atomic mass is 10.2. The summed E-state index contributed by atoms with van der Waals surface area (Å²) in [4.78, 5) is 10.4. The first-order valence-corrected chi connectivity index (χ1v) is 9.88. The summed E-state index contributed by atoms with van der Waals surface area (Å²) < 4.78 is 13.0. The van der Waals surface area contributed by atoms with E-state index < -0.39 is 0 Å². The average Bonchev–Trinajstić information content (AvgIpc) is 3.17. The molecule has 2 heterocycles. The predicted molar refractivity (Wildman–Crippen MR) is 108 cm³/mol. The first-order chi connectivity index (χ1) is 12.7. The smallest absolute Gasteiger partial charge is 0.188 e. The van der Waals surface area contributed by atoms with Crippen LogP contribution in [-0.2, 0) is 6.42 Å². The van der Waals surface area contributed by atoms with Gasteiger partial charge >= 0.3 is 0 Å². The SMILES string of the molecule is NC(=NCCN1CCN(c2ccc(F)cc2)CC1)NCCc1cccs1. The lowest BCUT2D eigenvalue weighted by Crippen LogP contribution is -2.47. The Morgan fingerprint density at radius 2 is 1.92 bits per heavy atom. The number of benzene rings is 1. The molecule has 0 unspecified atom stereocenters. The van der Waals surface area contributed by atoms with E-state index in [1.807, 2.05) is 12.1 Å². The zero-order chi connectivity index (χ0) is 18.2. The van der Waals surface area contributed by atoms with Gasteiger partial charge in [-0.2, -0.15) is 0 Å². The van der Waals surface area contributed by atoms with Crippen molar-refractivity contribution in [2.75, 3.05) is 50.7 Å². The van der Waals surface area contributed by atoms with Gasteiger partial charge < -0.3 is 16.0 Å². The van der Waals surface area contributed by atoms with Crippen molar-refractivity contribution in [3.05, 3.63) is 52.5 Å². The van der Waals surface area contributed by atoms with E-state index in [1.54, 1.807) is 11.3 Å². The van der Waals surface area contributed by atoms with E-state index in [2.05, 4.69) is 37.6 Å². The molecule has 2 aromatic rings. The number of hydrogen-bond acceptors (Lipinski definition) is 4. The number of hydrogen-bond donors (Lipinski definition) is 2. The van der Waals surface area contributed by atoms with Crippen LogP contribution in [0.5, 0.6) is 0 Å². The van der Waals surface area contributed by atoms with Gasteiger partial charge in [-0.1, -0.05) is 6.07 Å². The lowest BCUT2D eigenvalue weighted by molar-refractivity contribution is 0.265. The number of rotatable bonds is 7. The molecule has 1 fully saturated rings. The van der Waals surface area contributed by atoms with Crippen LogP contribution < -0.4 is 16.0 Å². The lowest BCUT2D eigenvalue weighted by Gasteiger charge is -2.35. The molecule has 3 rings (SSSR count). The fourth-order valence-corrected chi connectivity index (χ4v) is 3.73. The Labute approximate surface area is 158 Å². The van der Waals surface area contributed by atoms with Crippen molar-refractivity contribution in [1.82, 2.24) is 10.2 Å². The van der Waals surface area contributed by atoms with Crippen molar-refractivity contribution in [2.45, 2.75) is 6.42 Å². The minimum absolute atomic E-state index is 0.188. The second-order valence-electron chi connectivity index (χ2n) is 6.33. The summed E-state index contributed by atoms with van der Waals surface area (Å²) in [5.74, 6) is 0.332. The normalized spacial score (nSPS) is 16.0. The zero-order valence-corrected chi connectivity index (χ0v) is 15.7. The predicted octanol–water partition coefficient (Wildman–Crippen LogP) is 2.16. The van der Waals surface area contributed by atoms with Crippen LogP contribution in [0.3, 0.4) is 0 Å². The van der Waals surface area contributed by atoms with Crippen LogP contribution in [0.4, 0.5) is 10.1 Å². The van der Waals surface area contributed by atoms with Gasteiger partial charge in [0.25, 0.3) is 0 Å². The number of halogens is 1. The maximum atomic E-state index is 13.0. The van der Waals surface area contributed by atoms with E-state index in [4.69, 9.17) is 5.73 Å². The van der Waals surface area contributed by atoms with Crippen molar-refractivity contribution < 1.29 is 4.39 Å². The van der Waals surface area contributed by atoms with Gasteiger partial charge in [-0.25, -0.2) is 4.39 Å². The fourth-order valence-electron chi connectivity index (χ4n) is 3.02. The van der Waals surface area contributed by atoms with Gasteiger partial charge in [-0.05, 0) is 42.1 Å². The van der Waals surface area contributed by atoms with E-state index in [0.29, 0.717) is 12.5 Å². The van der Waals surface area contributed by atoms with Gasteiger partial charge in [0.1, 0.15) is 5.82 Å². The Kier molecular flexibility index (Phi) is 6.85. The van der Waals surface area contributed by atoms with E-state index in [-0.39, 0.29) is 5.82 Å². The van der Waals surface area contributed by atoms with Gasteiger partial charge in [-0.15, -0.1) is 11.3 Å². The summed E-state index contributed by atoms with van der Waals surface area (Å²) in [7, 11) is 0. The van der Waals surface area contributed by atoms with E-state index in [9.17, 15) is 4.39 Å². The molecule has 5 nitrogen and oxygen atoms in total. The van der Waals surface area contributed by atoms with Crippen LogP contribution >= 0.6 is 11.3 Å². The van der Waals surface area contributed by atoms with Crippen molar-refractivity contribution in [3.63, 3.8) is 0 Å². The highest BCUT2D eigenvalue weighted by atomic mass is 32.1. The number of anilines is 1. The molecule has 0 aliphatic carbocycles. The van der Waals surface area contributed by atoms with E-state index >= 15 is 0 Å². The van der Waals surface area contributed by atoms with Crippen LogP contribution in [-0.4, -0.2) is 56.7 Å². The molecule has 1 aliphatic rings. The third-order valence-corrected chi connectivity index (χ3v) is 5.46. The number of aliphatic imine (C=N–C) groups is 1. The first kappa shape index (κ1) is 18.7. The molecule has 140 valence electrons. The van der Waals surface area contributed by atoms with Crippen molar-refractivity contribution in [2.24, 2.45) is 10.7 Å². The third kappa shape index (κ3) is 5.71. The van der Waals surface area contributed by atoms with Gasteiger partial charge in [-0.3, -0.25) is 9.89 Å². The molecular formula is C19H26FN5S. The number of guanidine groups is 1. The number of nitrogens with zero attached hydrogens (tertiary/aromatic N) is 3. The van der Waals surface area contributed by atoms with Gasteiger partial charge in [0, 0.05) is 49.8 Å². The summed E-state index contributed by atoms with van der Waals surface area (Å²) in [5, 5.41) is 5.25. The van der Waals surface area contributed by atoms with Crippen molar-refractivity contribution in [3.8, 4) is 0 Å². The summed E-state index contributed by atoms with van der Waals surface area (Å²) in [6.07, 6.45) is 0.971. The summed E-state index contributed by atoms with van der Waals surface area (Å²) in [6.45, 7) is 6.29. The van der Waals surface area contributed by atoms with Gasteiger partial charge in [0.05, 0.1) is 6.54 Å². The topological polar surface area (TPSA) is 56.9 Å². The minimum Gasteiger partial charge on any atom is -0.370 e. The highest BCUT2D eigenvalue weighted by Crippen LogP contribution is 2.16. The maximum Gasteiger partial charge on any atom is 0.188 e. The Morgan fingerprint density at radius 3 is 2.62 bits per heavy atom. The molecule has 0 radical (unpaired) electrons. The molecule has 7 heteroatoms. The van der Waals surface area contributed by atoms with Gasteiger partial charge in [0.2, 0.25) is 0 Å². The molecule has 1 aromatic heterocycles. The zero-order valence-electron chi connectivity index (χ0n) is 14.9. The Balaban J connectivity index is 1.32. The second-order valence-corrected chi connectivity index (χ2v) is 7.36. The fraction of sp³-hybridized carbons (Fsp3) is 0.421. The first-order valence-electron chi connectivity index (χ1n) is 9.00. The van der Waals surface area contributed by atoms with Crippen LogP contribution in [0.2, 0.25) is 0 Å². The number of nitrogens with one attached hydrogen (secondary N) is 1. The van der Waals surface area contributed by atoms with Crippen molar-refractivity contribution in [1.29, 1.82) is 0 Å². The highest BCUT2D eigenvalue weighted by Gasteiger charge is 2.16. The standard InChI is InChI=1S/C19H26FN5S/c20-16-3-5-17(6-4-16)25-13-11-24(12-14-25)10-9-23-19(21)22-8-7-18-2-1-15-26-18/h1-6,15H,7-14H2,(H3,21,22,23). The Hall–Kier alpha value is -2.12. The Bertz CT molecular complexity index is 678. The number of thiophene rings is 1. The van der Waals surface area contributed by atoms with Crippen LogP contribution in [0.1, 0.15) is 4.88 Å². The number of piperazine rings is 1. The third-order valence-electron chi connectivity index (χ3n) is 4.52. The molecular weight excluding hydrogens is 349 g/mol.